The highest BCUT2D eigenvalue weighted by Crippen LogP contribution is 2.36. The minimum absolute atomic E-state index is 0.191. The van der Waals surface area contributed by atoms with Gasteiger partial charge < -0.3 is 4.74 Å². The van der Waals surface area contributed by atoms with Gasteiger partial charge in [0, 0.05) is 18.6 Å². The van der Waals surface area contributed by atoms with Crippen LogP contribution in [0.1, 0.15) is 38.5 Å². The number of ether oxygens (including phenoxy) is 1. The fraction of sp³-hybridized carbons (Fsp3) is 0.929. The summed E-state index contributed by atoms with van der Waals surface area (Å²) in [5, 5.41) is 0. The average molecular weight is 237 g/mol. The van der Waals surface area contributed by atoms with Gasteiger partial charge in [0.15, 0.2) is 5.78 Å². The first kappa shape index (κ1) is 11.7. The van der Waals surface area contributed by atoms with Gasteiger partial charge in [0.05, 0.1) is 13.2 Å². The van der Waals surface area contributed by atoms with E-state index in [4.69, 9.17) is 4.74 Å². The molecule has 3 nitrogen and oxygen atoms in total. The van der Waals surface area contributed by atoms with Gasteiger partial charge in [-0.2, -0.15) is 0 Å². The van der Waals surface area contributed by atoms with Gasteiger partial charge >= 0.3 is 0 Å². The highest BCUT2D eigenvalue weighted by Gasteiger charge is 2.36. The van der Waals surface area contributed by atoms with E-state index in [2.05, 4.69) is 4.90 Å². The summed E-state index contributed by atoms with van der Waals surface area (Å²) < 4.78 is 5.31. The van der Waals surface area contributed by atoms with E-state index in [1.54, 1.807) is 0 Å². The van der Waals surface area contributed by atoms with Crippen LogP contribution in [0.3, 0.4) is 0 Å². The van der Waals surface area contributed by atoms with Gasteiger partial charge in [0.2, 0.25) is 0 Å². The first-order valence-electron chi connectivity index (χ1n) is 7.19. The molecule has 0 radical (unpaired) electrons. The maximum atomic E-state index is 12.2. The first-order chi connectivity index (χ1) is 8.34. The lowest BCUT2D eigenvalue weighted by molar-refractivity contribution is -0.125. The number of nitrogens with zero attached hydrogens (tertiary/aromatic N) is 1. The van der Waals surface area contributed by atoms with Gasteiger partial charge in [-0.05, 0) is 44.6 Å². The summed E-state index contributed by atoms with van der Waals surface area (Å²) in [5.74, 6) is 1.50. The van der Waals surface area contributed by atoms with E-state index in [0.29, 0.717) is 18.9 Å². The summed E-state index contributed by atoms with van der Waals surface area (Å²) in [6.45, 7) is 3.28. The SMILES string of the molecule is O=C(CN1CCCC2CCCC21)C1CCOC1. The zero-order valence-electron chi connectivity index (χ0n) is 10.6. The topological polar surface area (TPSA) is 29.5 Å². The second-order valence-electron chi connectivity index (χ2n) is 5.90. The molecule has 3 rings (SSSR count). The molecule has 0 aromatic rings. The van der Waals surface area contributed by atoms with Crippen LogP contribution in [0.25, 0.3) is 0 Å². The van der Waals surface area contributed by atoms with Crippen molar-refractivity contribution in [1.82, 2.24) is 4.90 Å². The van der Waals surface area contributed by atoms with E-state index in [9.17, 15) is 4.79 Å². The Morgan fingerprint density at radius 3 is 2.88 bits per heavy atom. The molecular formula is C14H23NO2. The number of rotatable bonds is 3. The molecule has 0 spiro atoms. The number of carbonyl (C=O) groups is 1. The largest absolute Gasteiger partial charge is 0.381 e. The molecule has 2 heterocycles. The van der Waals surface area contributed by atoms with Crippen molar-refractivity contribution in [1.29, 1.82) is 0 Å². The van der Waals surface area contributed by atoms with Crippen molar-refractivity contribution < 1.29 is 9.53 Å². The number of hydrogen-bond acceptors (Lipinski definition) is 3. The Balaban J connectivity index is 1.58. The summed E-state index contributed by atoms with van der Waals surface area (Å²) in [6, 6.07) is 0.718. The number of carbonyl (C=O) groups excluding carboxylic acids is 1. The van der Waals surface area contributed by atoms with Crippen LogP contribution >= 0.6 is 0 Å². The van der Waals surface area contributed by atoms with Crippen molar-refractivity contribution in [3.8, 4) is 0 Å². The normalized spacial score (nSPS) is 38.2. The Morgan fingerprint density at radius 1 is 1.18 bits per heavy atom. The third-order valence-corrected chi connectivity index (χ3v) is 4.85. The Labute approximate surface area is 104 Å². The van der Waals surface area contributed by atoms with Crippen molar-refractivity contribution in [2.24, 2.45) is 11.8 Å². The van der Waals surface area contributed by atoms with Crippen LogP contribution in [-0.2, 0) is 9.53 Å². The number of fused-ring (bicyclic) bond motifs is 1. The molecule has 3 atom stereocenters. The van der Waals surface area contributed by atoms with Crippen molar-refractivity contribution in [3.63, 3.8) is 0 Å². The van der Waals surface area contributed by atoms with Crippen LogP contribution in [0, 0.1) is 11.8 Å². The standard InChI is InChI=1S/C14H23NO2/c16-14(12-6-8-17-10-12)9-15-7-2-4-11-3-1-5-13(11)15/h11-13H,1-10H2. The van der Waals surface area contributed by atoms with E-state index < -0.39 is 0 Å². The lowest BCUT2D eigenvalue weighted by atomic mass is 9.91. The molecule has 3 unspecified atom stereocenters. The summed E-state index contributed by atoms with van der Waals surface area (Å²) in [7, 11) is 0. The van der Waals surface area contributed by atoms with Crippen LogP contribution in [0.15, 0.2) is 0 Å². The maximum Gasteiger partial charge on any atom is 0.152 e. The minimum atomic E-state index is 0.191. The molecule has 96 valence electrons. The van der Waals surface area contributed by atoms with E-state index in [1.165, 1.54) is 32.1 Å². The number of hydrogen-bond donors (Lipinski definition) is 0. The fourth-order valence-corrected chi connectivity index (χ4v) is 3.87. The molecule has 0 amide bonds. The van der Waals surface area contributed by atoms with Crippen molar-refractivity contribution >= 4 is 5.78 Å². The molecule has 2 saturated heterocycles. The second kappa shape index (κ2) is 5.07. The van der Waals surface area contributed by atoms with Crippen LogP contribution in [0.2, 0.25) is 0 Å². The Kier molecular flexibility index (Phi) is 3.48. The fourth-order valence-electron chi connectivity index (χ4n) is 3.87. The number of ketones is 1. The first-order valence-corrected chi connectivity index (χ1v) is 7.19. The van der Waals surface area contributed by atoms with Crippen molar-refractivity contribution in [2.75, 3.05) is 26.3 Å². The molecule has 2 aliphatic heterocycles. The molecule has 1 aliphatic carbocycles. The molecule has 1 saturated carbocycles. The Hall–Kier alpha value is -0.410. The van der Waals surface area contributed by atoms with Crippen LogP contribution < -0.4 is 0 Å². The average Bonchev–Trinajstić information content (AvgIpc) is 3.00. The molecule has 0 bridgehead atoms. The Bertz CT molecular complexity index is 286. The lowest BCUT2D eigenvalue weighted by Crippen LogP contribution is -2.46. The molecule has 3 fully saturated rings. The molecule has 3 heteroatoms. The molecule has 0 aromatic heterocycles. The second-order valence-corrected chi connectivity index (χ2v) is 5.90. The van der Waals surface area contributed by atoms with Gasteiger partial charge in [-0.3, -0.25) is 9.69 Å². The molecule has 0 N–H and O–H groups in total. The third-order valence-electron chi connectivity index (χ3n) is 4.85. The van der Waals surface area contributed by atoms with Crippen molar-refractivity contribution in [2.45, 2.75) is 44.6 Å². The maximum absolute atomic E-state index is 12.2. The van der Waals surface area contributed by atoms with E-state index in [-0.39, 0.29) is 5.92 Å². The quantitative estimate of drug-likeness (QED) is 0.750. The number of likely N-dealkylation sites (tertiary alicyclic amines) is 1. The lowest BCUT2D eigenvalue weighted by Gasteiger charge is -2.37. The van der Waals surface area contributed by atoms with E-state index >= 15 is 0 Å². The summed E-state index contributed by atoms with van der Waals surface area (Å²) in [5.41, 5.74) is 0. The van der Waals surface area contributed by atoms with E-state index in [0.717, 1.165) is 31.5 Å². The highest BCUT2D eigenvalue weighted by atomic mass is 16.5. The smallest absolute Gasteiger partial charge is 0.152 e. The summed E-state index contributed by atoms with van der Waals surface area (Å²) >= 11 is 0. The van der Waals surface area contributed by atoms with Gasteiger partial charge in [-0.1, -0.05) is 6.42 Å². The molecule has 3 aliphatic rings. The van der Waals surface area contributed by atoms with Gasteiger partial charge in [0.1, 0.15) is 0 Å². The van der Waals surface area contributed by atoms with Crippen molar-refractivity contribution in [3.05, 3.63) is 0 Å². The zero-order valence-corrected chi connectivity index (χ0v) is 10.6. The zero-order chi connectivity index (χ0) is 11.7. The van der Waals surface area contributed by atoms with Crippen LogP contribution in [0.4, 0.5) is 0 Å². The summed E-state index contributed by atoms with van der Waals surface area (Å²) in [6.07, 6.45) is 7.70. The van der Waals surface area contributed by atoms with E-state index in [1.807, 2.05) is 0 Å². The van der Waals surface area contributed by atoms with Crippen LogP contribution in [-0.4, -0.2) is 43.0 Å². The summed E-state index contributed by atoms with van der Waals surface area (Å²) in [4.78, 5) is 14.7. The molecule has 17 heavy (non-hydrogen) atoms. The highest BCUT2D eigenvalue weighted by molar-refractivity contribution is 5.83. The number of piperidine rings is 1. The third kappa shape index (κ3) is 2.41. The molecule has 0 aromatic carbocycles. The molecular weight excluding hydrogens is 214 g/mol. The Morgan fingerprint density at radius 2 is 2.06 bits per heavy atom. The van der Waals surface area contributed by atoms with Gasteiger partial charge in [-0.25, -0.2) is 0 Å². The predicted molar refractivity (Wildman–Crippen MR) is 65.9 cm³/mol. The van der Waals surface area contributed by atoms with Crippen LogP contribution in [0.5, 0.6) is 0 Å². The minimum Gasteiger partial charge on any atom is -0.381 e. The van der Waals surface area contributed by atoms with Gasteiger partial charge in [-0.15, -0.1) is 0 Å². The predicted octanol–water partition coefficient (Wildman–Crippen LogP) is 1.86. The number of Topliss-reactive ketones (excluding diaryl/α,β-unsaturated/α-hetero) is 1. The monoisotopic (exact) mass is 237 g/mol. The van der Waals surface area contributed by atoms with Gasteiger partial charge in [0.25, 0.3) is 0 Å².